The smallest absolute Gasteiger partial charge is 0.307 e. The van der Waals surface area contributed by atoms with Crippen LogP contribution in [0.5, 0.6) is 0 Å². The summed E-state index contributed by atoms with van der Waals surface area (Å²) in [4.78, 5) is 10.9. The molecule has 0 heterocycles. The summed E-state index contributed by atoms with van der Waals surface area (Å²) in [7, 11) is 1.87. The molecule has 0 aliphatic rings. The standard InChI is InChI=1S/C22H31N3O2/c1-5-21(24-4)20(17(3)15-23)7-6-11-25-12-10-19-13-18(14-22(26)27)9-8-16(19)2/h5,8-9,13,24-25H,6-7,10-12,14H2,1-4H3,(H,26,27)/b20-17+,21-5+. The molecule has 5 heteroatoms. The Kier molecular flexibility index (Phi) is 9.92. The molecule has 3 N–H and O–H groups in total. The van der Waals surface area contributed by atoms with Gasteiger partial charge in [-0.2, -0.15) is 5.26 Å². The summed E-state index contributed by atoms with van der Waals surface area (Å²) in [6.45, 7) is 7.59. The van der Waals surface area contributed by atoms with Crippen molar-refractivity contribution >= 4 is 5.97 Å². The van der Waals surface area contributed by atoms with Gasteiger partial charge in [0.05, 0.1) is 12.5 Å². The van der Waals surface area contributed by atoms with Gasteiger partial charge in [0.2, 0.25) is 0 Å². The number of rotatable bonds is 11. The van der Waals surface area contributed by atoms with E-state index in [4.69, 9.17) is 5.11 Å². The first-order chi connectivity index (χ1) is 12.9. The summed E-state index contributed by atoms with van der Waals surface area (Å²) in [6, 6.07) is 8.12. The first-order valence-electron chi connectivity index (χ1n) is 9.38. The van der Waals surface area contributed by atoms with Gasteiger partial charge in [-0.3, -0.25) is 4.79 Å². The number of nitrogens with zero attached hydrogens (tertiary/aromatic N) is 1. The summed E-state index contributed by atoms with van der Waals surface area (Å²) >= 11 is 0. The van der Waals surface area contributed by atoms with E-state index in [0.717, 1.165) is 54.8 Å². The highest BCUT2D eigenvalue weighted by molar-refractivity contribution is 5.70. The monoisotopic (exact) mass is 369 g/mol. The van der Waals surface area contributed by atoms with Crippen LogP contribution in [-0.2, 0) is 17.6 Å². The van der Waals surface area contributed by atoms with Gasteiger partial charge in [0.1, 0.15) is 0 Å². The highest BCUT2D eigenvalue weighted by Crippen LogP contribution is 2.18. The number of carboxylic acids is 1. The Hall–Kier alpha value is -2.58. The Morgan fingerprint density at radius 2 is 2.07 bits per heavy atom. The Labute approximate surface area is 162 Å². The van der Waals surface area contributed by atoms with Gasteiger partial charge in [0, 0.05) is 18.3 Å². The summed E-state index contributed by atoms with van der Waals surface area (Å²) in [5.41, 5.74) is 6.06. The molecule has 1 rings (SSSR count). The lowest BCUT2D eigenvalue weighted by Gasteiger charge is -2.13. The SMILES string of the molecule is C/C=C(NC)\C(CCCNCCc1cc(CC(=O)O)ccc1C)=C(/C)C#N. The van der Waals surface area contributed by atoms with Crippen LogP contribution < -0.4 is 10.6 Å². The highest BCUT2D eigenvalue weighted by Gasteiger charge is 2.07. The maximum absolute atomic E-state index is 10.9. The molecule has 1 aromatic rings. The number of nitriles is 1. The molecule has 0 radical (unpaired) electrons. The summed E-state index contributed by atoms with van der Waals surface area (Å²) in [5.74, 6) is -0.804. The van der Waals surface area contributed by atoms with Crippen molar-refractivity contribution in [2.75, 3.05) is 20.1 Å². The predicted molar refractivity (Wildman–Crippen MR) is 109 cm³/mol. The average molecular weight is 370 g/mol. The number of nitrogens with one attached hydrogen (secondary N) is 2. The molecule has 0 saturated heterocycles. The number of aliphatic carboxylic acids is 1. The van der Waals surface area contributed by atoms with Crippen molar-refractivity contribution in [3.63, 3.8) is 0 Å². The Balaban J connectivity index is 2.49. The van der Waals surface area contributed by atoms with Gasteiger partial charge in [-0.15, -0.1) is 0 Å². The van der Waals surface area contributed by atoms with E-state index >= 15 is 0 Å². The molecule has 0 bridgehead atoms. The van der Waals surface area contributed by atoms with Gasteiger partial charge in [0.25, 0.3) is 0 Å². The topological polar surface area (TPSA) is 85.2 Å². The van der Waals surface area contributed by atoms with Gasteiger partial charge in [-0.25, -0.2) is 0 Å². The summed E-state index contributed by atoms with van der Waals surface area (Å²) < 4.78 is 0. The summed E-state index contributed by atoms with van der Waals surface area (Å²) in [5, 5.41) is 24.7. The number of aryl methyl sites for hydroxylation is 1. The van der Waals surface area contributed by atoms with Crippen LogP contribution in [0.2, 0.25) is 0 Å². The van der Waals surface area contributed by atoms with Crippen LogP contribution in [0.1, 0.15) is 43.4 Å². The zero-order chi connectivity index (χ0) is 20.2. The first-order valence-corrected chi connectivity index (χ1v) is 9.38. The molecular weight excluding hydrogens is 338 g/mol. The molecule has 0 atom stereocenters. The fraction of sp³-hybridized carbons (Fsp3) is 0.455. The van der Waals surface area contributed by atoms with Crippen LogP contribution in [0.25, 0.3) is 0 Å². The predicted octanol–water partition coefficient (Wildman–Crippen LogP) is 3.50. The average Bonchev–Trinajstić information content (AvgIpc) is 2.65. The number of benzene rings is 1. The molecule has 0 aliphatic carbocycles. The third-order valence-electron chi connectivity index (χ3n) is 4.62. The van der Waals surface area contributed by atoms with Crippen LogP contribution in [0.3, 0.4) is 0 Å². The van der Waals surface area contributed by atoms with E-state index in [-0.39, 0.29) is 6.42 Å². The van der Waals surface area contributed by atoms with E-state index < -0.39 is 5.97 Å². The molecule has 0 saturated carbocycles. The molecule has 0 unspecified atom stereocenters. The fourth-order valence-corrected chi connectivity index (χ4v) is 3.08. The van der Waals surface area contributed by atoms with Gasteiger partial charge < -0.3 is 15.7 Å². The zero-order valence-corrected chi connectivity index (χ0v) is 16.9. The molecule has 5 nitrogen and oxygen atoms in total. The minimum Gasteiger partial charge on any atom is -0.481 e. The van der Waals surface area contributed by atoms with E-state index in [1.807, 2.05) is 45.2 Å². The minimum absolute atomic E-state index is 0.0623. The molecule has 146 valence electrons. The molecule has 0 fully saturated rings. The van der Waals surface area contributed by atoms with Crippen LogP contribution in [0.4, 0.5) is 0 Å². The zero-order valence-electron chi connectivity index (χ0n) is 16.9. The summed E-state index contributed by atoms with van der Waals surface area (Å²) in [6.07, 6.45) is 4.73. The Morgan fingerprint density at radius 3 is 2.67 bits per heavy atom. The maximum atomic E-state index is 10.9. The molecule has 0 spiro atoms. The van der Waals surface area contributed by atoms with E-state index in [1.165, 1.54) is 11.1 Å². The Morgan fingerprint density at radius 1 is 1.33 bits per heavy atom. The second-order valence-corrected chi connectivity index (χ2v) is 6.60. The van der Waals surface area contributed by atoms with Gasteiger partial charge in [-0.1, -0.05) is 24.3 Å². The maximum Gasteiger partial charge on any atom is 0.307 e. The van der Waals surface area contributed by atoms with Crippen LogP contribution in [0, 0.1) is 18.3 Å². The third kappa shape index (κ3) is 7.67. The lowest BCUT2D eigenvalue weighted by atomic mass is 10.0. The largest absolute Gasteiger partial charge is 0.481 e. The van der Waals surface area contributed by atoms with E-state index in [2.05, 4.69) is 23.6 Å². The van der Waals surface area contributed by atoms with E-state index in [1.54, 1.807) is 0 Å². The lowest BCUT2D eigenvalue weighted by Crippen LogP contribution is -2.19. The van der Waals surface area contributed by atoms with Crippen molar-refractivity contribution < 1.29 is 9.90 Å². The number of carbonyl (C=O) groups is 1. The lowest BCUT2D eigenvalue weighted by molar-refractivity contribution is -0.136. The van der Waals surface area contributed by atoms with Crippen LogP contribution in [0.15, 0.2) is 41.1 Å². The number of hydrogen-bond donors (Lipinski definition) is 3. The van der Waals surface area contributed by atoms with Gasteiger partial charge in [-0.05, 0) is 75.4 Å². The van der Waals surface area contributed by atoms with E-state index in [9.17, 15) is 10.1 Å². The molecule has 0 aliphatic heterocycles. The van der Waals surface area contributed by atoms with Crippen molar-refractivity contribution in [2.24, 2.45) is 0 Å². The van der Waals surface area contributed by atoms with Crippen LogP contribution in [-0.4, -0.2) is 31.2 Å². The highest BCUT2D eigenvalue weighted by atomic mass is 16.4. The quantitative estimate of drug-likeness (QED) is 0.316. The molecule has 1 aromatic carbocycles. The molecule has 0 aromatic heterocycles. The Bertz CT molecular complexity index is 742. The van der Waals surface area contributed by atoms with E-state index in [0.29, 0.717) is 0 Å². The third-order valence-corrected chi connectivity index (χ3v) is 4.62. The molecule has 0 amide bonds. The van der Waals surface area contributed by atoms with Crippen LogP contribution >= 0.6 is 0 Å². The second kappa shape index (κ2) is 11.9. The van der Waals surface area contributed by atoms with Gasteiger partial charge in [0.15, 0.2) is 0 Å². The molecule has 27 heavy (non-hydrogen) atoms. The first kappa shape index (κ1) is 22.5. The van der Waals surface area contributed by atoms with Crippen molar-refractivity contribution in [3.8, 4) is 6.07 Å². The molecular formula is C22H31N3O2. The number of carboxylic acid groups (broad SMARTS) is 1. The van der Waals surface area contributed by atoms with Gasteiger partial charge >= 0.3 is 5.97 Å². The van der Waals surface area contributed by atoms with Crippen molar-refractivity contribution in [1.82, 2.24) is 10.6 Å². The van der Waals surface area contributed by atoms with Crippen molar-refractivity contribution in [2.45, 2.75) is 46.5 Å². The normalized spacial score (nSPS) is 12.3. The van der Waals surface area contributed by atoms with Crippen molar-refractivity contribution in [1.29, 1.82) is 5.26 Å². The fourth-order valence-electron chi connectivity index (χ4n) is 3.08. The number of likely N-dealkylation sites (N-methyl/N-ethyl adjacent to an activating group) is 1. The minimum atomic E-state index is -0.804. The number of hydrogen-bond acceptors (Lipinski definition) is 4. The second-order valence-electron chi connectivity index (χ2n) is 6.60. The van der Waals surface area contributed by atoms with Crippen molar-refractivity contribution in [3.05, 3.63) is 57.8 Å². The number of allylic oxidation sites excluding steroid dienone is 3.